The van der Waals surface area contributed by atoms with Crippen molar-refractivity contribution >= 4 is 32.6 Å². The Balaban J connectivity index is 2.47. The first kappa shape index (κ1) is 11.6. The van der Waals surface area contributed by atoms with Gasteiger partial charge in [-0.05, 0) is 6.07 Å². The monoisotopic (exact) mass is 279 g/mol. The number of hydrogen-bond donors (Lipinski definition) is 4. The highest BCUT2D eigenvalue weighted by Crippen LogP contribution is 2.34. The van der Waals surface area contributed by atoms with Crippen LogP contribution in [0.15, 0.2) is 34.9 Å². The van der Waals surface area contributed by atoms with Crippen LogP contribution in [0, 0.1) is 0 Å². The number of rotatable bonds is 1. The van der Waals surface area contributed by atoms with Gasteiger partial charge in [0.05, 0.1) is 0 Å². The average molecular weight is 279 g/mol. The number of aliphatic hydroxyl groups excluding tert-OH is 1. The summed E-state index contributed by atoms with van der Waals surface area (Å²) in [5.41, 5.74) is 4.99. The van der Waals surface area contributed by atoms with Crippen LogP contribution in [0.5, 0.6) is 0 Å². The fourth-order valence-electron chi connectivity index (χ4n) is 2.09. The number of aromatic amines is 1. The number of fused-ring (bicyclic) bond motifs is 3. The second-order valence-corrected chi connectivity index (χ2v) is 5.69. The number of benzene rings is 1. The molecule has 2 heterocycles. The Hall–Kier alpha value is -2.48. The van der Waals surface area contributed by atoms with Gasteiger partial charge in [-0.1, -0.05) is 18.2 Å². The van der Waals surface area contributed by atoms with Crippen LogP contribution in [-0.4, -0.2) is 24.4 Å². The van der Waals surface area contributed by atoms with Crippen LogP contribution in [0.3, 0.4) is 0 Å². The van der Waals surface area contributed by atoms with Crippen LogP contribution in [-0.2, 0) is 14.8 Å². The quantitative estimate of drug-likeness (QED) is 0.593. The number of carbonyl (C=O) groups excluding carboxylic acids is 1. The van der Waals surface area contributed by atoms with Crippen molar-refractivity contribution in [1.82, 2.24) is 9.71 Å². The van der Waals surface area contributed by atoms with E-state index in [0.717, 1.165) is 0 Å². The Bertz CT molecular complexity index is 848. The van der Waals surface area contributed by atoms with Gasteiger partial charge in [0.25, 0.3) is 15.9 Å². The second kappa shape index (κ2) is 3.51. The van der Waals surface area contributed by atoms with Crippen molar-refractivity contribution < 1.29 is 18.3 Å². The van der Waals surface area contributed by atoms with E-state index >= 15 is 0 Å². The molecule has 19 heavy (non-hydrogen) atoms. The summed E-state index contributed by atoms with van der Waals surface area (Å²) in [6, 6.07) is 6.67. The second-order valence-electron chi connectivity index (χ2n) is 4.07. The summed E-state index contributed by atoms with van der Waals surface area (Å²) in [4.78, 5) is 13.8. The predicted octanol–water partition coefficient (Wildman–Crippen LogP) is 0.172. The standard InChI is InChI=1S/C11H9N3O4S/c12-11(16)8-9(15)7-10(19(17,18)14-8)5-3-1-2-4-6(5)13-7/h1-4,13-15H,(H2,12,16). The summed E-state index contributed by atoms with van der Waals surface area (Å²) < 4.78 is 26.2. The van der Waals surface area contributed by atoms with Gasteiger partial charge in [-0.3, -0.25) is 9.52 Å². The lowest BCUT2D eigenvalue weighted by Crippen LogP contribution is -2.35. The van der Waals surface area contributed by atoms with Gasteiger partial charge in [0.1, 0.15) is 10.6 Å². The number of nitrogens with two attached hydrogens (primary N) is 1. The normalized spacial score (nSPS) is 17.1. The fourth-order valence-corrected chi connectivity index (χ4v) is 3.54. The van der Waals surface area contributed by atoms with Crippen molar-refractivity contribution in [1.29, 1.82) is 0 Å². The molecule has 5 N–H and O–H groups in total. The molecule has 1 aliphatic heterocycles. The molecule has 0 aliphatic carbocycles. The van der Waals surface area contributed by atoms with Crippen LogP contribution in [0.1, 0.15) is 5.69 Å². The van der Waals surface area contributed by atoms with Crippen molar-refractivity contribution in [3.63, 3.8) is 0 Å². The van der Waals surface area contributed by atoms with Gasteiger partial charge < -0.3 is 15.8 Å². The van der Waals surface area contributed by atoms with E-state index in [1.54, 1.807) is 24.3 Å². The molecule has 1 aromatic carbocycles. The van der Waals surface area contributed by atoms with Crippen LogP contribution >= 0.6 is 0 Å². The maximum absolute atomic E-state index is 12.1. The number of aliphatic hydroxyl groups is 1. The summed E-state index contributed by atoms with van der Waals surface area (Å²) in [5, 5.41) is 10.4. The van der Waals surface area contributed by atoms with E-state index in [2.05, 4.69) is 4.98 Å². The highest BCUT2D eigenvalue weighted by atomic mass is 32.2. The van der Waals surface area contributed by atoms with Gasteiger partial charge >= 0.3 is 0 Å². The molecule has 0 radical (unpaired) electrons. The molecule has 0 atom stereocenters. The van der Waals surface area contributed by atoms with Crippen LogP contribution in [0.4, 0.5) is 0 Å². The fraction of sp³-hybridized carbons (Fsp3) is 0. The van der Waals surface area contributed by atoms with E-state index in [-0.39, 0.29) is 10.6 Å². The van der Waals surface area contributed by atoms with E-state index in [9.17, 15) is 18.3 Å². The lowest BCUT2D eigenvalue weighted by atomic mass is 10.2. The average Bonchev–Trinajstić information content (AvgIpc) is 2.74. The number of sulfonamides is 1. The number of hydrogen-bond acceptors (Lipinski definition) is 4. The van der Waals surface area contributed by atoms with Crippen molar-refractivity contribution in [2.75, 3.05) is 0 Å². The number of primary amides is 1. The number of nitrogens with one attached hydrogen (secondary N) is 2. The molecule has 7 nitrogen and oxygen atoms in total. The smallest absolute Gasteiger partial charge is 0.269 e. The van der Waals surface area contributed by atoms with Crippen molar-refractivity contribution in [3.05, 3.63) is 35.7 Å². The molecular weight excluding hydrogens is 270 g/mol. The maximum Gasteiger partial charge on any atom is 0.269 e. The van der Waals surface area contributed by atoms with E-state index < -0.39 is 27.4 Å². The molecule has 0 fully saturated rings. The van der Waals surface area contributed by atoms with Crippen LogP contribution < -0.4 is 10.5 Å². The van der Waals surface area contributed by atoms with Gasteiger partial charge in [-0.2, -0.15) is 0 Å². The summed E-state index contributed by atoms with van der Waals surface area (Å²) in [5.74, 6) is -1.56. The van der Waals surface area contributed by atoms with E-state index in [0.29, 0.717) is 10.9 Å². The number of amides is 1. The Labute approximate surface area is 107 Å². The van der Waals surface area contributed by atoms with E-state index in [1.165, 1.54) is 0 Å². The topological polar surface area (TPSA) is 125 Å². The Kier molecular flexibility index (Phi) is 2.14. The largest absolute Gasteiger partial charge is 0.504 e. The minimum Gasteiger partial charge on any atom is -0.504 e. The number of H-pyrrole nitrogens is 1. The third-order valence-corrected chi connectivity index (χ3v) is 4.32. The molecule has 0 unspecified atom stereocenters. The van der Waals surface area contributed by atoms with Crippen molar-refractivity contribution in [2.24, 2.45) is 5.73 Å². The highest BCUT2D eigenvalue weighted by Gasteiger charge is 2.35. The van der Waals surface area contributed by atoms with Gasteiger partial charge in [-0.25, -0.2) is 8.42 Å². The molecule has 1 amide bonds. The van der Waals surface area contributed by atoms with E-state index in [4.69, 9.17) is 5.73 Å². The van der Waals surface area contributed by atoms with Gasteiger partial charge in [0.15, 0.2) is 11.5 Å². The molecule has 8 heteroatoms. The molecule has 0 bridgehead atoms. The molecular formula is C11H9N3O4S. The first-order valence-corrected chi connectivity index (χ1v) is 6.77. The number of aromatic nitrogens is 1. The molecule has 98 valence electrons. The summed E-state index contributed by atoms with van der Waals surface area (Å²) in [7, 11) is -3.95. The third-order valence-electron chi connectivity index (χ3n) is 2.88. The first-order valence-electron chi connectivity index (χ1n) is 5.29. The molecule has 1 aliphatic rings. The molecule has 2 aromatic rings. The Morgan fingerprint density at radius 3 is 2.63 bits per heavy atom. The Morgan fingerprint density at radius 2 is 1.95 bits per heavy atom. The summed E-state index contributed by atoms with van der Waals surface area (Å²) in [6.07, 6.45) is 0. The zero-order chi connectivity index (χ0) is 13.8. The molecule has 1 aromatic heterocycles. The predicted molar refractivity (Wildman–Crippen MR) is 67.4 cm³/mol. The lowest BCUT2D eigenvalue weighted by molar-refractivity contribution is -0.114. The molecule has 0 saturated carbocycles. The summed E-state index contributed by atoms with van der Waals surface area (Å²) in [6.45, 7) is 0. The maximum atomic E-state index is 12.1. The van der Waals surface area contributed by atoms with Gasteiger partial charge in [-0.15, -0.1) is 0 Å². The van der Waals surface area contributed by atoms with Gasteiger partial charge in [0.2, 0.25) is 0 Å². The molecule has 3 rings (SSSR count). The molecule has 0 saturated heterocycles. The van der Waals surface area contributed by atoms with Crippen LogP contribution in [0.25, 0.3) is 16.7 Å². The summed E-state index contributed by atoms with van der Waals surface area (Å²) >= 11 is 0. The number of carbonyl (C=O) groups is 1. The zero-order valence-corrected chi connectivity index (χ0v) is 10.3. The first-order chi connectivity index (χ1) is 8.92. The highest BCUT2D eigenvalue weighted by molar-refractivity contribution is 7.90. The van der Waals surface area contributed by atoms with Crippen molar-refractivity contribution in [2.45, 2.75) is 4.90 Å². The van der Waals surface area contributed by atoms with Crippen molar-refractivity contribution in [3.8, 4) is 0 Å². The minimum absolute atomic E-state index is 0.0336. The van der Waals surface area contributed by atoms with Gasteiger partial charge in [0, 0.05) is 10.9 Å². The minimum atomic E-state index is -3.95. The third kappa shape index (κ3) is 1.50. The number of para-hydroxylation sites is 1. The Morgan fingerprint density at radius 1 is 1.26 bits per heavy atom. The van der Waals surface area contributed by atoms with E-state index in [1.807, 2.05) is 4.72 Å². The lowest BCUT2D eigenvalue weighted by Gasteiger charge is -2.16. The SMILES string of the molecule is NC(=O)C1=C(O)c2[nH]c3ccccc3c2S(=O)(=O)N1. The zero-order valence-electron chi connectivity index (χ0n) is 9.47. The molecule has 0 spiro atoms. The van der Waals surface area contributed by atoms with Crippen LogP contribution in [0.2, 0.25) is 0 Å².